The number of benzene rings is 2. The van der Waals surface area contributed by atoms with Gasteiger partial charge in [-0.25, -0.2) is 10.4 Å². The number of rotatable bonds is 4. The van der Waals surface area contributed by atoms with E-state index in [0.29, 0.717) is 11.1 Å². The lowest BCUT2D eigenvalue weighted by atomic mass is 10.1. The van der Waals surface area contributed by atoms with Crippen LogP contribution in [-0.4, -0.2) is 21.3 Å². The van der Waals surface area contributed by atoms with Gasteiger partial charge in [-0.1, -0.05) is 30.3 Å². The Hall–Kier alpha value is -3.92. The van der Waals surface area contributed by atoms with Gasteiger partial charge < -0.3 is 5.11 Å². The Morgan fingerprint density at radius 2 is 1.93 bits per heavy atom. The molecule has 27 heavy (non-hydrogen) atoms. The Morgan fingerprint density at radius 3 is 2.63 bits per heavy atom. The van der Waals surface area contributed by atoms with Crippen molar-refractivity contribution in [2.24, 2.45) is 5.10 Å². The standard InChI is InChI=1S/C20H17N5O2/c1-12-8-15(17(26)9-13(12)2)11-22-25-20-23-18(14-6-4-3-5-7-14)16(10-21)19(27)24-20/h3-9,11,26H,1-2H3,(H2,23,24,25,27). The number of nitrogens with zero attached hydrogens (tertiary/aromatic N) is 3. The van der Waals surface area contributed by atoms with Gasteiger partial charge >= 0.3 is 0 Å². The lowest BCUT2D eigenvalue weighted by Gasteiger charge is -2.06. The number of hydrogen-bond donors (Lipinski definition) is 3. The topological polar surface area (TPSA) is 114 Å². The first-order chi connectivity index (χ1) is 13.0. The number of phenols is 1. The van der Waals surface area contributed by atoms with Gasteiger partial charge in [0.05, 0.1) is 11.9 Å². The Kier molecular flexibility index (Phi) is 4.99. The van der Waals surface area contributed by atoms with E-state index in [1.54, 1.807) is 36.4 Å². The lowest BCUT2D eigenvalue weighted by molar-refractivity contribution is 0.474. The minimum atomic E-state index is -0.557. The molecule has 0 saturated heterocycles. The summed E-state index contributed by atoms with van der Waals surface area (Å²) in [5.41, 5.74) is 5.46. The number of hydrazone groups is 1. The maximum absolute atomic E-state index is 12.2. The molecule has 0 radical (unpaired) electrons. The molecule has 3 rings (SSSR count). The van der Waals surface area contributed by atoms with Crippen LogP contribution in [0.25, 0.3) is 11.3 Å². The minimum absolute atomic E-state index is 0.0671. The summed E-state index contributed by atoms with van der Waals surface area (Å²) in [4.78, 5) is 19.0. The van der Waals surface area contributed by atoms with Crippen LogP contribution in [0.5, 0.6) is 5.75 Å². The highest BCUT2D eigenvalue weighted by Crippen LogP contribution is 2.21. The zero-order valence-corrected chi connectivity index (χ0v) is 14.8. The van der Waals surface area contributed by atoms with Crippen LogP contribution in [0, 0.1) is 25.2 Å². The molecule has 0 aliphatic rings. The monoisotopic (exact) mass is 359 g/mol. The van der Waals surface area contributed by atoms with E-state index in [1.165, 1.54) is 6.21 Å². The summed E-state index contributed by atoms with van der Waals surface area (Å²) in [6, 6.07) is 14.3. The van der Waals surface area contributed by atoms with Crippen molar-refractivity contribution in [1.82, 2.24) is 9.97 Å². The first-order valence-corrected chi connectivity index (χ1v) is 8.18. The fourth-order valence-electron chi connectivity index (χ4n) is 2.52. The van der Waals surface area contributed by atoms with Gasteiger partial charge in [-0.05, 0) is 37.1 Å². The van der Waals surface area contributed by atoms with Crippen molar-refractivity contribution in [1.29, 1.82) is 5.26 Å². The molecule has 0 saturated carbocycles. The van der Waals surface area contributed by atoms with E-state index in [9.17, 15) is 15.2 Å². The van der Waals surface area contributed by atoms with E-state index in [2.05, 4.69) is 20.5 Å². The average molecular weight is 359 g/mol. The van der Waals surface area contributed by atoms with Crippen molar-refractivity contribution < 1.29 is 5.11 Å². The number of nitrogens with one attached hydrogen (secondary N) is 2. The molecule has 2 aromatic carbocycles. The van der Waals surface area contributed by atoms with Gasteiger partial charge in [0.2, 0.25) is 5.95 Å². The van der Waals surface area contributed by atoms with Crippen molar-refractivity contribution in [2.75, 3.05) is 5.43 Å². The number of anilines is 1. The van der Waals surface area contributed by atoms with Gasteiger partial charge in [-0.2, -0.15) is 10.4 Å². The van der Waals surface area contributed by atoms with Crippen LogP contribution < -0.4 is 11.0 Å². The normalized spacial score (nSPS) is 10.7. The zero-order valence-electron chi connectivity index (χ0n) is 14.8. The first-order valence-electron chi connectivity index (χ1n) is 8.18. The number of hydrogen-bond acceptors (Lipinski definition) is 6. The maximum Gasteiger partial charge on any atom is 0.270 e. The first kappa shape index (κ1) is 17.9. The summed E-state index contributed by atoms with van der Waals surface area (Å²) in [5.74, 6) is 0.201. The average Bonchev–Trinajstić information content (AvgIpc) is 2.66. The maximum atomic E-state index is 12.2. The number of aryl methyl sites for hydroxylation is 2. The third kappa shape index (κ3) is 3.85. The molecule has 3 N–H and O–H groups in total. The molecular formula is C20H17N5O2. The minimum Gasteiger partial charge on any atom is -0.507 e. The SMILES string of the molecule is Cc1cc(O)c(C=NNc2nc(-c3ccccc3)c(C#N)c(=O)[nH]2)cc1C. The number of aromatic nitrogens is 2. The van der Waals surface area contributed by atoms with Gasteiger partial charge in [0.25, 0.3) is 5.56 Å². The van der Waals surface area contributed by atoms with Crippen LogP contribution in [0.4, 0.5) is 5.95 Å². The predicted octanol–water partition coefficient (Wildman–Crippen LogP) is 3.08. The number of aromatic amines is 1. The summed E-state index contributed by atoms with van der Waals surface area (Å²) in [5, 5.41) is 23.3. The van der Waals surface area contributed by atoms with E-state index >= 15 is 0 Å². The lowest BCUT2D eigenvalue weighted by Crippen LogP contribution is -2.16. The molecule has 0 amide bonds. The summed E-state index contributed by atoms with van der Waals surface area (Å²) in [6.07, 6.45) is 1.43. The Labute approximate surface area is 155 Å². The molecule has 1 heterocycles. The molecular weight excluding hydrogens is 342 g/mol. The molecule has 0 aliphatic carbocycles. The third-order valence-electron chi connectivity index (χ3n) is 4.10. The van der Waals surface area contributed by atoms with Gasteiger partial charge in [0.1, 0.15) is 17.4 Å². The van der Waals surface area contributed by atoms with Crippen molar-refractivity contribution >= 4 is 12.2 Å². The van der Waals surface area contributed by atoms with E-state index in [4.69, 9.17) is 0 Å². The number of H-pyrrole nitrogens is 1. The Bertz CT molecular complexity index is 1110. The molecule has 7 nitrogen and oxygen atoms in total. The molecule has 0 fully saturated rings. The molecule has 7 heteroatoms. The Balaban J connectivity index is 1.93. The fraction of sp³-hybridized carbons (Fsp3) is 0.100. The molecule has 3 aromatic rings. The van der Waals surface area contributed by atoms with Crippen LogP contribution in [0.3, 0.4) is 0 Å². The van der Waals surface area contributed by atoms with E-state index in [1.807, 2.05) is 26.0 Å². The second-order valence-corrected chi connectivity index (χ2v) is 5.98. The predicted molar refractivity (Wildman–Crippen MR) is 104 cm³/mol. The number of nitriles is 1. The number of aromatic hydroxyl groups is 1. The quantitative estimate of drug-likeness (QED) is 0.489. The molecule has 0 unspecified atom stereocenters. The third-order valence-corrected chi connectivity index (χ3v) is 4.10. The van der Waals surface area contributed by atoms with Gasteiger partial charge in [0.15, 0.2) is 0 Å². The second kappa shape index (κ2) is 7.54. The second-order valence-electron chi connectivity index (χ2n) is 5.98. The van der Waals surface area contributed by atoms with Gasteiger partial charge in [-0.15, -0.1) is 0 Å². The molecule has 0 bridgehead atoms. The van der Waals surface area contributed by atoms with Crippen LogP contribution in [-0.2, 0) is 0 Å². The summed E-state index contributed by atoms with van der Waals surface area (Å²) in [7, 11) is 0. The highest BCUT2D eigenvalue weighted by molar-refractivity contribution is 5.84. The summed E-state index contributed by atoms with van der Waals surface area (Å²) in [6.45, 7) is 3.84. The van der Waals surface area contributed by atoms with Gasteiger partial charge in [0, 0.05) is 11.1 Å². The molecule has 0 atom stereocenters. The van der Waals surface area contributed by atoms with Crippen LogP contribution in [0.2, 0.25) is 0 Å². The zero-order chi connectivity index (χ0) is 19.4. The number of phenolic OH excluding ortho intramolecular Hbond substituents is 1. The van der Waals surface area contributed by atoms with Crippen LogP contribution in [0.15, 0.2) is 52.4 Å². The van der Waals surface area contributed by atoms with E-state index in [-0.39, 0.29) is 23.0 Å². The summed E-state index contributed by atoms with van der Waals surface area (Å²) >= 11 is 0. The summed E-state index contributed by atoms with van der Waals surface area (Å²) < 4.78 is 0. The van der Waals surface area contributed by atoms with Crippen molar-refractivity contribution in [3.8, 4) is 23.1 Å². The van der Waals surface area contributed by atoms with Gasteiger partial charge in [-0.3, -0.25) is 9.78 Å². The highest BCUT2D eigenvalue weighted by Gasteiger charge is 2.12. The molecule has 1 aromatic heterocycles. The largest absolute Gasteiger partial charge is 0.507 e. The van der Waals surface area contributed by atoms with E-state index < -0.39 is 5.56 Å². The highest BCUT2D eigenvalue weighted by atomic mass is 16.3. The van der Waals surface area contributed by atoms with E-state index in [0.717, 1.165) is 11.1 Å². The fourth-order valence-corrected chi connectivity index (χ4v) is 2.52. The van der Waals surface area contributed by atoms with Crippen molar-refractivity contribution in [2.45, 2.75) is 13.8 Å². The smallest absolute Gasteiger partial charge is 0.270 e. The van der Waals surface area contributed by atoms with Crippen molar-refractivity contribution in [3.05, 3.63) is 75.1 Å². The molecule has 0 aliphatic heterocycles. The van der Waals surface area contributed by atoms with Crippen LogP contribution >= 0.6 is 0 Å². The van der Waals surface area contributed by atoms with Crippen LogP contribution in [0.1, 0.15) is 22.3 Å². The molecule has 134 valence electrons. The molecule has 0 spiro atoms. The van der Waals surface area contributed by atoms with Crippen molar-refractivity contribution in [3.63, 3.8) is 0 Å². The Morgan fingerprint density at radius 1 is 1.22 bits per heavy atom.